The Hall–Kier alpha value is -2.87. The molecule has 136 valence electrons. The monoisotopic (exact) mass is 472 g/mol. The number of hydrogen-bond donors (Lipinski definition) is 2. The highest BCUT2D eigenvalue weighted by Crippen LogP contribution is 2.24. The van der Waals surface area contributed by atoms with Crippen molar-refractivity contribution in [1.82, 2.24) is 0 Å². The van der Waals surface area contributed by atoms with Crippen molar-refractivity contribution in [2.75, 3.05) is 17.7 Å². The maximum atomic E-state index is 12.4. The summed E-state index contributed by atoms with van der Waals surface area (Å²) >= 11 is 2.12. The highest BCUT2D eigenvalue weighted by Gasteiger charge is 2.11. The molecule has 0 aromatic heterocycles. The minimum Gasteiger partial charge on any atom is -0.495 e. The summed E-state index contributed by atoms with van der Waals surface area (Å²) in [5.74, 6) is 0.147. The Labute approximate surface area is 170 Å². The zero-order valence-electron chi connectivity index (χ0n) is 14.5. The van der Waals surface area contributed by atoms with Crippen LogP contribution in [-0.4, -0.2) is 18.9 Å². The summed E-state index contributed by atoms with van der Waals surface area (Å²) in [4.78, 5) is 24.8. The Kier molecular flexibility index (Phi) is 6.08. The molecule has 0 aliphatic rings. The zero-order chi connectivity index (χ0) is 19.2. The number of hydrogen-bond acceptors (Lipinski definition) is 3. The van der Waals surface area contributed by atoms with E-state index in [1.165, 1.54) is 0 Å². The summed E-state index contributed by atoms with van der Waals surface area (Å²) in [6.45, 7) is 0. The van der Waals surface area contributed by atoms with Crippen molar-refractivity contribution in [3.8, 4) is 5.75 Å². The van der Waals surface area contributed by atoms with Crippen LogP contribution < -0.4 is 15.4 Å². The van der Waals surface area contributed by atoms with Gasteiger partial charge in [-0.3, -0.25) is 9.59 Å². The number of carbonyl (C=O) groups is 2. The number of para-hydroxylation sites is 2. The summed E-state index contributed by atoms with van der Waals surface area (Å²) in [5, 5.41) is 5.66. The molecule has 0 atom stereocenters. The van der Waals surface area contributed by atoms with E-state index in [0.29, 0.717) is 28.3 Å². The lowest BCUT2D eigenvalue weighted by Crippen LogP contribution is -2.14. The second-order valence-electron chi connectivity index (χ2n) is 5.67. The average Bonchev–Trinajstić information content (AvgIpc) is 2.69. The molecule has 0 aliphatic heterocycles. The third kappa shape index (κ3) is 4.65. The van der Waals surface area contributed by atoms with Crippen LogP contribution in [0.2, 0.25) is 0 Å². The molecule has 0 unspecified atom stereocenters. The third-order valence-corrected chi connectivity index (χ3v) is 4.82. The second kappa shape index (κ2) is 8.68. The zero-order valence-corrected chi connectivity index (χ0v) is 16.7. The fourth-order valence-electron chi connectivity index (χ4n) is 2.49. The highest BCUT2D eigenvalue weighted by molar-refractivity contribution is 14.1. The normalized spacial score (nSPS) is 10.1. The van der Waals surface area contributed by atoms with Gasteiger partial charge in [-0.2, -0.15) is 0 Å². The van der Waals surface area contributed by atoms with Gasteiger partial charge in [-0.1, -0.05) is 24.3 Å². The molecule has 0 fully saturated rings. The van der Waals surface area contributed by atoms with Crippen molar-refractivity contribution in [2.24, 2.45) is 0 Å². The summed E-state index contributed by atoms with van der Waals surface area (Å²) in [6, 6.07) is 21.3. The molecule has 3 aromatic carbocycles. The number of nitrogens with one attached hydrogen (secondary N) is 2. The molecule has 2 amide bonds. The van der Waals surface area contributed by atoms with Crippen molar-refractivity contribution in [2.45, 2.75) is 0 Å². The first-order chi connectivity index (χ1) is 13.1. The van der Waals surface area contributed by atoms with Crippen LogP contribution in [0.25, 0.3) is 0 Å². The lowest BCUT2D eigenvalue weighted by molar-refractivity contribution is 0.101. The van der Waals surface area contributed by atoms with Crippen LogP contribution in [0.4, 0.5) is 11.4 Å². The van der Waals surface area contributed by atoms with E-state index in [-0.39, 0.29) is 11.8 Å². The van der Waals surface area contributed by atoms with E-state index in [4.69, 9.17) is 4.74 Å². The standard InChI is InChI=1S/C21H17IN2O3/c1-27-19-9-5-4-8-18(19)24-20(25)14-10-12-15(13-11-14)23-21(26)16-6-2-3-7-17(16)22/h2-13H,1H3,(H,23,26)(H,24,25). The summed E-state index contributed by atoms with van der Waals surface area (Å²) in [5.41, 5.74) is 2.30. The van der Waals surface area contributed by atoms with Gasteiger partial charge in [0.05, 0.1) is 18.4 Å². The largest absolute Gasteiger partial charge is 0.495 e. The molecule has 0 aliphatic carbocycles. The van der Waals surface area contributed by atoms with E-state index in [0.717, 1.165) is 3.57 Å². The van der Waals surface area contributed by atoms with E-state index in [1.54, 1.807) is 49.6 Å². The van der Waals surface area contributed by atoms with Crippen molar-refractivity contribution in [1.29, 1.82) is 0 Å². The van der Waals surface area contributed by atoms with Gasteiger partial charge >= 0.3 is 0 Å². The van der Waals surface area contributed by atoms with Gasteiger partial charge in [0.15, 0.2) is 0 Å². The van der Waals surface area contributed by atoms with Crippen LogP contribution in [0.3, 0.4) is 0 Å². The van der Waals surface area contributed by atoms with Gasteiger partial charge in [-0.05, 0) is 71.1 Å². The van der Waals surface area contributed by atoms with Gasteiger partial charge in [0.1, 0.15) is 5.75 Å². The first kappa shape index (κ1) is 18.9. The highest BCUT2D eigenvalue weighted by atomic mass is 127. The average molecular weight is 472 g/mol. The Balaban J connectivity index is 1.69. The molecular weight excluding hydrogens is 455 g/mol. The van der Waals surface area contributed by atoms with E-state index in [9.17, 15) is 9.59 Å². The van der Waals surface area contributed by atoms with E-state index >= 15 is 0 Å². The first-order valence-electron chi connectivity index (χ1n) is 8.19. The molecule has 0 saturated heterocycles. The van der Waals surface area contributed by atoms with Crippen molar-refractivity contribution in [3.05, 3.63) is 87.5 Å². The number of methoxy groups -OCH3 is 1. The van der Waals surface area contributed by atoms with Crippen LogP contribution in [0, 0.1) is 3.57 Å². The van der Waals surface area contributed by atoms with Gasteiger partial charge in [0.25, 0.3) is 11.8 Å². The summed E-state index contributed by atoms with van der Waals surface area (Å²) in [7, 11) is 1.55. The molecule has 27 heavy (non-hydrogen) atoms. The lowest BCUT2D eigenvalue weighted by atomic mass is 10.1. The number of ether oxygens (including phenoxy) is 1. The lowest BCUT2D eigenvalue weighted by Gasteiger charge is -2.10. The molecule has 6 heteroatoms. The van der Waals surface area contributed by atoms with Crippen molar-refractivity contribution in [3.63, 3.8) is 0 Å². The van der Waals surface area contributed by atoms with E-state index < -0.39 is 0 Å². The SMILES string of the molecule is COc1ccccc1NC(=O)c1ccc(NC(=O)c2ccccc2I)cc1. The van der Waals surface area contributed by atoms with Gasteiger partial charge < -0.3 is 15.4 Å². The summed E-state index contributed by atoms with van der Waals surface area (Å²) < 4.78 is 6.11. The number of benzene rings is 3. The van der Waals surface area contributed by atoms with Crippen LogP contribution in [0.5, 0.6) is 5.75 Å². The number of anilines is 2. The second-order valence-corrected chi connectivity index (χ2v) is 6.83. The fourth-order valence-corrected chi connectivity index (χ4v) is 3.12. The fraction of sp³-hybridized carbons (Fsp3) is 0.0476. The minimum absolute atomic E-state index is 0.189. The van der Waals surface area contributed by atoms with Crippen molar-refractivity contribution >= 4 is 45.8 Å². The maximum absolute atomic E-state index is 12.4. The topological polar surface area (TPSA) is 67.4 Å². The number of halogens is 1. The van der Waals surface area contributed by atoms with Crippen LogP contribution in [0.1, 0.15) is 20.7 Å². The van der Waals surface area contributed by atoms with Crippen LogP contribution in [0.15, 0.2) is 72.8 Å². The number of rotatable bonds is 5. The Bertz CT molecular complexity index is 971. The molecule has 3 rings (SSSR count). The Morgan fingerprint density at radius 1 is 0.815 bits per heavy atom. The molecule has 0 heterocycles. The van der Waals surface area contributed by atoms with Crippen molar-refractivity contribution < 1.29 is 14.3 Å². The maximum Gasteiger partial charge on any atom is 0.256 e. The molecule has 0 spiro atoms. The summed E-state index contributed by atoms with van der Waals surface area (Å²) in [6.07, 6.45) is 0. The van der Waals surface area contributed by atoms with Gasteiger partial charge in [-0.15, -0.1) is 0 Å². The molecule has 5 nitrogen and oxygen atoms in total. The minimum atomic E-state index is -0.255. The Morgan fingerprint density at radius 3 is 2.19 bits per heavy atom. The molecule has 3 aromatic rings. The van der Waals surface area contributed by atoms with E-state index in [2.05, 4.69) is 33.2 Å². The molecule has 0 radical (unpaired) electrons. The molecule has 0 saturated carbocycles. The predicted octanol–water partition coefficient (Wildman–Crippen LogP) is 4.80. The number of carbonyl (C=O) groups excluding carboxylic acids is 2. The first-order valence-corrected chi connectivity index (χ1v) is 9.26. The van der Waals surface area contributed by atoms with Crippen LogP contribution in [-0.2, 0) is 0 Å². The predicted molar refractivity (Wildman–Crippen MR) is 115 cm³/mol. The molecular formula is C21H17IN2O3. The quantitative estimate of drug-likeness (QED) is 0.525. The Morgan fingerprint density at radius 2 is 1.48 bits per heavy atom. The van der Waals surface area contributed by atoms with Gasteiger partial charge in [0, 0.05) is 14.8 Å². The smallest absolute Gasteiger partial charge is 0.256 e. The molecule has 2 N–H and O–H groups in total. The number of amides is 2. The molecule has 0 bridgehead atoms. The van der Waals surface area contributed by atoms with Gasteiger partial charge in [0.2, 0.25) is 0 Å². The third-order valence-electron chi connectivity index (χ3n) is 3.88. The van der Waals surface area contributed by atoms with Gasteiger partial charge in [-0.25, -0.2) is 0 Å². The van der Waals surface area contributed by atoms with E-state index in [1.807, 2.05) is 30.3 Å². The van der Waals surface area contributed by atoms with Crippen LogP contribution >= 0.6 is 22.6 Å².